The molecule has 3 rings (SSSR count). The summed E-state index contributed by atoms with van der Waals surface area (Å²) in [4.78, 5) is 25.4. The topological polar surface area (TPSA) is 78.9 Å². The number of aliphatic carboxylic acids is 1. The molecule has 1 aliphatic carbocycles. The fraction of sp³-hybridized carbons (Fsp3) is 0.600. The number of ether oxygens (including phenoxy) is 1. The minimum Gasteiger partial charge on any atom is -0.481 e. The second-order valence-corrected chi connectivity index (χ2v) is 9.34. The number of halogens is 1. The third-order valence-electron chi connectivity index (χ3n) is 6.89. The highest BCUT2D eigenvalue weighted by Crippen LogP contribution is 2.40. The molecule has 1 heterocycles. The molecular weight excluding hydrogens is 428 g/mol. The van der Waals surface area contributed by atoms with Crippen LogP contribution in [0.4, 0.5) is 4.79 Å². The van der Waals surface area contributed by atoms with Crippen molar-refractivity contribution in [2.24, 2.45) is 5.92 Å². The van der Waals surface area contributed by atoms with Gasteiger partial charge in [0.1, 0.15) is 0 Å². The van der Waals surface area contributed by atoms with Gasteiger partial charge in [0.25, 0.3) is 0 Å². The van der Waals surface area contributed by atoms with E-state index in [1.807, 2.05) is 13.0 Å². The summed E-state index contributed by atoms with van der Waals surface area (Å²) in [5.74, 6) is -0.237. The van der Waals surface area contributed by atoms with Gasteiger partial charge in [0.05, 0.1) is 18.6 Å². The molecule has 2 aliphatic rings. The average molecular weight is 463 g/mol. The van der Waals surface area contributed by atoms with Crippen LogP contribution in [-0.2, 0) is 21.5 Å². The molecule has 0 unspecified atom stereocenters. The number of urea groups is 1. The quantitative estimate of drug-likeness (QED) is 0.482. The Kier molecular flexibility index (Phi) is 8.60. The maximum absolute atomic E-state index is 12.9. The van der Waals surface area contributed by atoms with E-state index in [-0.39, 0.29) is 19.0 Å². The number of nitrogens with one attached hydrogen (secondary N) is 1. The van der Waals surface area contributed by atoms with E-state index < -0.39 is 11.5 Å². The Labute approximate surface area is 196 Å². The molecule has 0 bridgehead atoms. The molecule has 0 saturated heterocycles. The van der Waals surface area contributed by atoms with Gasteiger partial charge in [-0.25, -0.2) is 4.79 Å². The predicted molar refractivity (Wildman–Crippen MR) is 126 cm³/mol. The molecule has 2 amide bonds. The molecule has 1 aromatic carbocycles. The highest BCUT2D eigenvalue weighted by Gasteiger charge is 2.41. The zero-order valence-corrected chi connectivity index (χ0v) is 19.9. The van der Waals surface area contributed by atoms with Crippen LogP contribution in [0.25, 0.3) is 0 Å². The molecule has 0 aromatic heterocycles. The lowest BCUT2D eigenvalue weighted by atomic mass is 9.77. The van der Waals surface area contributed by atoms with Crippen molar-refractivity contribution >= 4 is 23.6 Å². The summed E-state index contributed by atoms with van der Waals surface area (Å²) < 4.78 is 5.31. The van der Waals surface area contributed by atoms with Gasteiger partial charge >= 0.3 is 12.0 Å². The third kappa shape index (κ3) is 5.65. The molecule has 1 saturated carbocycles. The predicted octanol–water partition coefficient (Wildman–Crippen LogP) is 5.49. The number of methoxy groups -OCH3 is 1. The molecule has 1 fully saturated rings. The van der Waals surface area contributed by atoms with E-state index in [0.29, 0.717) is 25.4 Å². The zero-order chi connectivity index (χ0) is 23.1. The molecular formula is C25H35ClN2O4. The first-order valence-corrected chi connectivity index (χ1v) is 12.1. The molecule has 1 atom stereocenters. The van der Waals surface area contributed by atoms with Crippen LogP contribution < -0.4 is 5.32 Å². The first kappa shape index (κ1) is 24.6. The van der Waals surface area contributed by atoms with Crippen LogP contribution in [0.2, 0.25) is 5.02 Å². The minimum absolute atomic E-state index is 0.109. The summed E-state index contributed by atoms with van der Waals surface area (Å²) in [5, 5.41) is 12.9. The zero-order valence-electron chi connectivity index (χ0n) is 19.2. The van der Waals surface area contributed by atoms with Gasteiger partial charge in [0, 0.05) is 24.9 Å². The maximum Gasteiger partial charge on any atom is 0.322 e. The van der Waals surface area contributed by atoms with Crippen LogP contribution in [-0.4, -0.2) is 42.3 Å². The second-order valence-electron chi connectivity index (χ2n) is 8.94. The highest BCUT2D eigenvalue weighted by molar-refractivity contribution is 6.31. The SMILES string of the molecule is CC[C@@]1(c2ccc(CC3CCCCC3)c(Cl)c2)NC(=O)N(CCC(=O)O)C=C1CCOC. The fourth-order valence-electron chi connectivity index (χ4n) is 5.02. The third-order valence-corrected chi connectivity index (χ3v) is 7.24. The van der Waals surface area contributed by atoms with Crippen LogP contribution in [0.1, 0.15) is 69.4 Å². The van der Waals surface area contributed by atoms with Gasteiger partial charge in [0.2, 0.25) is 0 Å². The second kappa shape index (κ2) is 11.2. The number of carbonyl (C=O) groups excluding carboxylic acids is 1. The summed E-state index contributed by atoms with van der Waals surface area (Å²) in [5.41, 5.74) is 2.41. The summed E-state index contributed by atoms with van der Waals surface area (Å²) >= 11 is 6.76. The van der Waals surface area contributed by atoms with Crippen molar-refractivity contribution in [1.82, 2.24) is 10.2 Å². The normalized spacial score (nSPS) is 21.9. The van der Waals surface area contributed by atoms with Gasteiger partial charge in [-0.3, -0.25) is 4.79 Å². The highest BCUT2D eigenvalue weighted by atomic mass is 35.5. The Morgan fingerprint density at radius 3 is 2.69 bits per heavy atom. The van der Waals surface area contributed by atoms with Crippen molar-refractivity contribution in [2.75, 3.05) is 20.3 Å². The van der Waals surface area contributed by atoms with E-state index in [1.54, 1.807) is 13.3 Å². The molecule has 1 aliphatic heterocycles. The Hall–Kier alpha value is -2.05. The number of rotatable bonds is 10. The number of carbonyl (C=O) groups is 2. The lowest BCUT2D eigenvalue weighted by molar-refractivity contribution is -0.137. The summed E-state index contributed by atoms with van der Waals surface area (Å²) in [6.07, 6.45) is 10.4. The van der Waals surface area contributed by atoms with E-state index in [2.05, 4.69) is 17.4 Å². The number of amides is 2. The number of nitrogens with zero attached hydrogens (tertiary/aromatic N) is 1. The van der Waals surface area contributed by atoms with Crippen molar-refractivity contribution < 1.29 is 19.4 Å². The molecule has 2 N–H and O–H groups in total. The van der Waals surface area contributed by atoms with Gasteiger partial charge in [-0.1, -0.05) is 62.8 Å². The fourth-order valence-corrected chi connectivity index (χ4v) is 5.28. The lowest BCUT2D eigenvalue weighted by Gasteiger charge is -2.43. The number of benzene rings is 1. The van der Waals surface area contributed by atoms with Gasteiger partial charge in [-0.15, -0.1) is 0 Å². The minimum atomic E-state index is -0.933. The van der Waals surface area contributed by atoms with Crippen molar-refractivity contribution in [3.63, 3.8) is 0 Å². The van der Waals surface area contributed by atoms with E-state index in [9.17, 15) is 9.59 Å². The maximum atomic E-state index is 12.9. The molecule has 176 valence electrons. The van der Waals surface area contributed by atoms with Gasteiger partial charge < -0.3 is 20.1 Å². The van der Waals surface area contributed by atoms with Crippen LogP contribution in [0.5, 0.6) is 0 Å². The van der Waals surface area contributed by atoms with Crippen molar-refractivity contribution in [3.05, 3.63) is 46.1 Å². The Morgan fingerprint density at radius 2 is 2.06 bits per heavy atom. The van der Waals surface area contributed by atoms with Crippen LogP contribution >= 0.6 is 11.6 Å². The van der Waals surface area contributed by atoms with E-state index in [0.717, 1.165) is 22.6 Å². The number of carboxylic acid groups (broad SMARTS) is 1. The van der Waals surface area contributed by atoms with Crippen LogP contribution in [0, 0.1) is 5.92 Å². The van der Waals surface area contributed by atoms with Crippen LogP contribution in [0.15, 0.2) is 30.0 Å². The monoisotopic (exact) mass is 462 g/mol. The van der Waals surface area contributed by atoms with Crippen LogP contribution in [0.3, 0.4) is 0 Å². The summed E-state index contributed by atoms with van der Waals surface area (Å²) in [6.45, 7) is 2.67. The van der Waals surface area contributed by atoms with E-state index in [1.165, 1.54) is 42.6 Å². The Morgan fingerprint density at radius 1 is 1.31 bits per heavy atom. The lowest BCUT2D eigenvalue weighted by Crippen LogP contribution is -2.55. The summed E-state index contributed by atoms with van der Waals surface area (Å²) in [7, 11) is 1.65. The van der Waals surface area contributed by atoms with E-state index in [4.69, 9.17) is 21.4 Å². The Bertz CT molecular complexity index is 850. The standard InChI is InChI=1S/C25H35ClN2O4/c1-3-25(20-10-9-19(22(26)16-20)15-18-7-5-4-6-8-18)21(12-14-32-2)17-28(24(31)27-25)13-11-23(29)30/h9-10,16-18H,3-8,11-15H2,1-2H3,(H,27,31)(H,29,30)/t25-/m0/s1. The summed E-state index contributed by atoms with van der Waals surface area (Å²) in [6, 6.07) is 5.90. The number of hydrogen-bond donors (Lipinski definition) is 2. The van der Waals surface area contributed by atoms with Crippen molar-refractivity contribution in [2.45, 2.75) is 70.3 Å². The Balaban J connectivity index is 1.90. The van der Waals surface area contributed by atoms with Crippen molar-refractivity contribution in [3.8, 4) is 0 Å². The van der Waals surface area contributed by atoms with Gasteiger partial charge in [0.15, 0.2) is 0 Å². The van der Waals surface area contributed by atoms with Gasteiger partial charge in [-0.05, 0) is 47.9 Å². The molecule has 7 heteroatoms. The first-order chi connectivity index (χ1) is 15.4. The van der Waals surface area contributed by atoms with E-state index >= 15 is 0 Å². The molecule has 1 aromatic rings. The molecule has 0 spiro atoms. The van der Waals surface area contributed by atoms with Gasteiger partial charge in [-0.2, -0.15) is 0 Å². The smallest absolute Gasteiger partial charge is 0.322 e. The largest absolute Gasteiger partial charge is 0.481 e. The average Bonchev–Trinajstić information content (AvgIpc) is 2.79. The number of carboxylic acids is 1. The molecule has 6 nitrogen and oxygen atoms in total. The van der Waals surface area contributed by atoms with Crippen molar-refractivity contribution in [1.29, 1.82) is 0 Å². The number of hydrogen-bond acceptors (Lipinski definition) is 3. The molecule has 32 heavy (non-hydrogen) atoms. The first-order valence-electron chi connectivity index (χ1n) is 11.7. The molecule has 0 radical (unpaired) electrons.